The van der Waals surface area contributed by atoms with Crippen LogP contribution < -0.4 is 15.4 Å². The van der Waals surface area contributed by atoms with E-state index in [9.17, 15) is 0 Å². The van der Waals surface area contributed by atoms with E-state index < -0.39 is 0 Å². The van der Waals surface area contributed by atoms with Crippen molar-refractivity contribution in [2.75, 3.05) is 19.7 Å². The molecule has 0 unspecified atom stereocenters. The molecule has 0 spiro atoms. The summed E-state index contributed by atoms with van der Waals surface area (Å²) in [5.41, 5.74) is 3.71. The molecule has 150 valence electrons. The summed E-state index contributed by atoms with van der Waals surface area (Å²) in [6.45, 7) is 5.07. The van der Waals surface area contributed by atoms with Crippen LogP contribution in [-0.2, 0) is 19.4 Å². The summed E-state index contributed by atoms with van der Waals surface area (Å²) in [6, 6.07) is 12.3. The van der Waals surface area contributed by atoms with Crippen LogP contribution in [0.3, 0.4) is 0 Å². The van der Waals surface area contributed by atoms with Crippen LogP contribution in [0, 0.1) is 0 Å². The van der Waals surface area contributed by atoms with Crippen LogP contribution in [-0.4, -0.2) is 40.4 Å². The minimum Gasteiger partial charge on any atom is -0.493 e. The average Bonchev–Trinajstić information content (AvgIpc) is 3.44. The van der Waals surface area contributed by atoms with E-state index in [1.54, 1.807) is 17.1 Å². The third kappa shape index (κ3) is 4.93. The van der Waals surface area contributed by atoms with Crippen molar-refractivity contribution >= 4 is 5.96 Å². The average molecular weight is 390 g/mol. The van der Waals surface area contributed by atoms with Crippen molar-refractivity contribution in [3.05, 3.63) is 71.7 Å². The highest BCUT2D eigenvalue weighted by Gasteiger charge is 2.11. The first-order valence-electron chi connectivity index (χ1n) is 10.0. The number of hydrogen-bond donors (Lipinski definition) is 2. The number of ether oxygens (including phenoxy) is 1. The Morgan fingerprint density at radius 2 is 2.14 bits per heavy atom. The fourth-order valence-corrected chi connectivity index (χ4v) is 3.32. The Labute approximate surface area is 170 Å². The highest BCUT2D eigenvalue weighted by molar-refractivity contribution is 5.79. The number of pyridine rings is 1. The zero-order chi connectivity index (χ0) is 19.9. The predicted molar refractivity (Wildman–Crippen MR) is 114 cm³/mol. The first kappa shape index (κ1) is 19.0. The molecule has 2 aromatic heterocycles. The van der Waals surface area contributed by atoms with E-state index in [0.29, 0.717) is 6.54 Å². The molecule has 0 saturated carbocycles. The summed E-state index contributed by atoms with van der Waals surface area (Å²) in [5, 5.41) is 11.0. The molecule has 7 heteroatoms. The van der Waals surface area contributed by atoms with Gasteiger partial charge in [-0.25, -0.2) is 14.7 Å². The van der Waals surface area contributed by atoms with Crippen LogP contribution in [0.15, 0.2) is 60.0 Å². The van der Waals surface area contributed by atoms with Crippen LogP contribution in [0.4, 0.5) is 0 Å². The molecule has 3 aromatic rings. The van der Waals surface area contributed by atoms with Gasteiger partial charge in [0.15, 0.2) is 11.8 Å². The second kappa shape index (κ2) is 9.23. The van der Waals surface area contributed by atoms with Gasteiger partial charge in [-0.3, -0.25) is 0 Å². The SMILES string of the molecule is CCNC(=NCc1ccnc(-n2cccn2)c1)NCCc1ccc2c(c1)CCO2. The van der Waals surface area contributed by atoms with E-state index in [4.69, 9.17) is 9.73 Å². The molecule has 0 radical (unpaired) electrons. The van der Waals surface area contributed by atoms with Crippen molar-refractivity contribution in [2.24, 2.45) is 4.99 Å². The zero-order valence-corrected chi connectivity index (χ0v) is 16.6. The number of guanidine groups is 1. The molecular weight excluding hydrogens is 364 g/mol. The molecule has 0 aliphatic carbocycles. The normalized spacial score (nSPS) is 13.1. The zero-order valence-electron chi connectivity index (χ0n) is 16.6. The molecule has 0 bridgehead atoms. The third-order valence-electron chi connectivity index (χ3n) is 4.77. The Hall–Kier alpha value is -3.35. The number of aliphatic imine (C=N–C) groups is 1. The van der Waals surface area contributed by atoms with Crippen molar-refractivity contribution in [1.82, 2.24) is 25.4 Å². The molecule has 4 rings (SSSR count). The lowest BCUT2D eigenvalue weighted by Gasteiger charge is -2.12. The van der Waals surface area contributed by atoms with Gasteiger partial charge in [-0.1, -0.05) is 12.1 Å². The Morgan fingerprint density at radius 3 is 3.00 bits per heavy atom. The molecule has 1 aliphatic heterocycles. The Kier molecular flexibility index (Phi) is 6.04. The van der Waals surface area contributed by atoms with Gasteiger partial charge in [0.1, 0.15) is 5.75 Å². The van der Waals surface area contributed by atoms with Gasteiger partial charge in [-0.05, 0) is 54.3 Å². The monoisotopic (exact) mass is 390 g/mol. The second-order valence-electron chi connectivity index (χ2n) is 6.89. The topological polar surface area (TPSA) is 76.4 Å². The molecule has 0 amide bonds. The van der Waals surface area contributed by atoms with Crippen molar-refractivity contribution < 1.29 is 4.74 Å². The maximum Gasteiger partial charge on any atom is 0.191 e. The van der Waals surface area contributed by atoms with Gasteiger partial charge < -0.3 is 15.4 Å². The molecular formula is C22H26N6O. The molecule has 29 heavy (non-hydrogen) atoms. The minimum atomic E-state index is 0.572. The molecule has 1 aliphatic rings. The van der Waals surface area contributed by atoms with Gasteiger partial charge in [-0.2, -0.15) is 5.10 Å². The molecule has 0 saturated heterocycles. The number of hydrogen-bond acceptors (Lipinski definition) is 4. The Bertz CT molecular complexity index is 967. The lowest BCUT2D eigenvalue weighted by atomic mass is 10.1. The van der Waals surface area contributed by atoms with Crippen molar-refractivity contribution in [3.8, 4) is 11.6 Å². The lowest BCUT2D eigenvalue weighted by Crippen LogP contribution is -2.38. The smallest absolute Gasteiger partial charge is 0.191 e. The molecule has 0 fully saturated rings. The molecule has 2 N–H and O–H groups in total. The number of nitrogens with one attached hydrogen (secondary N) is 2. The lowest BCUT2D eigenvalue weighted by molar-refractivity contribution is 0.357. The first-order valence-corrected chi connectivity index (χ1v) is 10.0. The van der Waals surface area contributed by atoms with Gasteiger partial charge >= 0.3 is 0 Å². The number of fused-ring (bicyclic) bond motifs is 1. The predicted octanol–water partition coefficient (Wildman–Crippen LogP) is 2.50. The van der Waals surface area contributed by atoms with Gasteiger partial charge in [-0.15, -0.1) is 0 Å². The van der Waals surface area contributed by atoms with Crippen LogP contribution in [0.2, 0.25) is 0 Å². The molecule has 3 heterocycles. The van der Waals surface area contributed by atoms with Gasteiger partial charge in [0.05, 0.1) is 13.2 Å². The number of nitrogens with zero attached hydrogens (tertiary/aromatic N) is 4. The third-order valence-corrected chi connectivity index (χ3v) is 4.77. The van der Waals surface area contributed by atoms with Crippen molar-refractivity contribution in [1.29, 1.82) is 0 Å². The van der Waals surface area contributed by atoms with E-state index in [0.717, 1.165) is 55.6 Å². The van der Waals surface area contributed by atoms with Crippen LogP contribution in [0.5, 0.6) is 5.75 Å². The highest BCUT2D eigenvalue weighted by atomic mass is 16.5. The van der Waals surface area contributed by atoms with Crippen LogP contribution >= 0.6 is 0 Å². The summed E-state index contributed by atoms with van der Waals surface area (Å²) in [6.07, 6.45) is 7.36. The maximum atomic E-state index is 5.58. The summed E-state index contributed by atoms with van der Waals surface area (Å²) in [4.78, 5) is 9.08. The Balaban J connectivity index is 1.35. The Morgan fingerprint density at radius 1 is 1.17 bits per heavy atom. The van der Waals surface area contributed by atoms with E-state index >= 15 is 0 Å². The van der Waals surface area contributed by atoms with Gasteiger partial charge in [0, 0.05) is 38.1 Å². The molecule has 1 aromatic carbocycles. The minimum absolute atomic E-state index is 0.572. The summed E-state index contributed by atoms with van der Waals surface area (Å²) in [5.74, 6) is 2.64. The van der Waals surface area contributed by atoms with E-state index in [2.05, 4.69) is 45.8 Å². The van der Waals surface area contributed by atoms with Crippen LogP contribution in [0.1, 0.15) is 23.6 Å². The fraction of sp³-hybridized carbons (Fsp3) is 0.318. The second-order valence-corrected chi connectivity index (χ2v) is 6.89. The highest BCUT2D eigenvalue weighted by Crippen LogP contribution is 2.25. The standard InChI is InChI=1S/C22H26N6O/c1-2-23-22(25-11-6-17-4-5-20-19(14-17)8-13-29-20)26-16-18-7-10-24-21(15-18)28-12-3-9-27-28/h3-5,7,9-10,12,14-15H,2,6,8,11,13,16H2,1H3,(H2,23,25,26). The molecule has 0 atom stereocenters. The number of benzene rings is 1. The van der Waals surface area contributed by atoms with Gasteiger partial charge in [0.25, 0.3) is 0 Å². The van der Waals surface area contributed by atoms with E-state index in [1.165, 1.54) is 11.1 Å². The van der Waals surface area contributed by atoms with E-state index in [-0.39, 0.29) is 0 Å². The fourth-order valence-electron chi connectivity index (χ4n) is 3.32. The van der Waals surface area contributed by atoms with Crippen molar-refractivity contribution in [3.63, 3.8) is 0 Å². The number of aromatic nitrogens is 3. The number of rotatable bonds is 7. The van der Waals surface area contributed by atoms with Gasteiger partial charge in [0.2, 0.25) is 0 Å². The summed E-state index contributed by atoms with van der Waals surface area (Å²) >= 11 is 0. The maximum absolute atomic E-state index is 5.58. The van der Waals surface area contributed by atoms with Crippen LogP contribution in [0.25, 0.3) is 5.82 Å². The summed E-state index contributed by atoms with van der Waals surface area (Å²) in [7, 11) is 0. The quantitative estimate of drug-likeness (QED) is 0.479. The molecule has 7 nitrogen and oxygen atoms in total. The van der Waals surface area contributed by atoms with Crippen molar-refractivity contribution in [2.45, 2.75) is 26.3 Å². The largest absolute Gasteiger partial charge is 0.493 e. The van der Waals surface area contributed by atoms with E-state index in [1.807, 2.05) is 24.4 Å². The first-order chi connectivity index (χ1) is 14.3. The summed E-state index contributed by atoms with van der Waals surface area (Å²) < 4.78 is 7.33.